The van der Waals surface area contributed by atoms with Crippen LogP contribution in [0.3, 0.4) is 0 Å². The van der Waals surface area contributed by atoms with E-state index in [4.69, 9.17) is 71.1 Å². The molecule has 0 aliphatic carbocycles. The van der Waals surface area contributed by atoms with E-state index in [9.17, 15) is 126 Å². The predicted molar refractivity (Wildman–Crippen MR) is 309 cm³/mol. The molecule has 44 heteroatoms. The number of carbonyl (C=O) groups excluding carboxylic acids is 4. The zero-order valence-corrected chi connectivity index (χ0v) is 54.2. The molecule has 8 aliphatic heterocycles. The van der Waals surface area contributed by atoms with Crippen molar-refractivity contribution in [2.24, 2.45) is 0 Å². The second-order valence-corrected chi connectivity index (χ2v) is 25.3. The Morgan fingerprint density at radius 1 is 0.280 bits per heavy atom. The number of amides is 4. The Morgan fingerprint density at radius 2 is 0.620 bits per heavy atom. The van der Waals surface area contributed by atoms with E-state index in [-0.39, 0.29) is 0 Å². The van der Waals surface area contributed by atoms with Crippen molar-refractivity contribution in [2.75, 3.05) is 46.2 Å². The number of carbonyl (C=O) groups is 4. The number of hydrogen-bond donors (Lipinski definition) is 25. The normalized spacial score (nSPS) is 48.7. The van der Waals surface area contributed by atoms with Gasteiger partial charge in [-0.3, -0.25) is 19.2 Å². The van der Waals surface area contributed by atoms with Crippen molar-refractivity contribution in [3.05, 3.63) is 0 Å². The Hall–Kier alpha value is -3.56. The van der Waals surface area contributed by atoms with Crippen LogP contribution in [0.25, 0.3) is 0 Å². The summed E-state index contributed by atoms with van der Waals surface area (Å²) in [5, 5.41) is 242. The highest BCUT2D eigenvalue weighted by atomic mass is 16.8. The molecule has 8 fully saturated rings. The van der Waals surface area contributed by atoms with Crippen LogP contribution in [0, 0.1) is 0 Å². The van der Waals surface area contributed by atoms with Crippen molar-refractivity contribution in [1.29, 1.82) is 0 Å². The number of aliphatic hydroxyl groups is 21. The molecule has 8 aliphatic rings. The fourth-order valence-electron chi connectivity index (χ4n) is 12.9. The molecule has 100 heavy (non-hydrogen) atoms. The third-order valence-corrected chi connectivity index (χ3v) is 18.2. The Balaban J connectivity index is 1.16. The van der Waals surface area contributed by atoms with E-state index in [1.165, 1.54) is 6.92 Å². The first-order valence-corrected chi connectivity index (χ1v) is 32.0. The summed E-state index contributed by atoms with van der Waals surface area (Å²) in [6.45, 7) is -2.24. The molecule has 0 unspecified atom stereocenters. The fraction of sp³-hybridized carbons (Fsp3) is 0.929. The van der Waals surface area contributed by atoms with Gasteiger partial charge in [0.25, 0.3) is 0 Å². The second-order valence-electron chi connectivity index (χ2n) is 25.3. The van der Waals surface area contributed by atoms with Crippen LogP contribution >= 0.6 is 0 Å². The molecule has 8 saturated heterocycles. The largest absolute Gasteiger partial charge is 0.394 e. The van der Waals surface area contributed by atoms with Crippen molar-refractivity contribution in [1.82, 2.24) is 21.3 Å². The monoisotopic (exact) mass is 1460 g/mol. The molecular weight excluding hydrogens is 1370 g/mol. The summed E-state index contributed by atoms with van der Waals surface area (Å²) < 4.78 is 89.5. The van der Waals surface area contributed by atoms with E-state index < -0.39 is 315 Å². The average molecular weight is 1460 g/mol. The van der Waals surface area contributed by atoms with Gasteiger partial charge in [-0.05, 0) is 6.92 Å². The minimum atomic E-state index is -2.52. The van der Waals surface area contributed by atoms with Gasteiger partial charge in [0, 0.05) is 27.7 Å². The van der Waals surface area contributed by atoms with Crippen LogP contribution in [-0.4, -0.2) is 423 Å². The van der Waals surface area contributed by atoms with Gasteiger partial charge in [-0.25, -0.2) is 0 Å². The maximum absolute atomic E-state index is 13.1. The SMILES string of the molecule is CC(=O)N[C@@H]1[C@@H](O[C@@H]2O[C@@H](C)[C@@H](O)[C@@H](O)[C@@H]2O)[C@H](O[C@@H]2O[C@H](CO)[C@@H](O[C@@H]3O[C@H](CO[C@H]4O[C@H](CO)[C@@H](O)[C@H](O)[C@@H]4O)[C@@H](O)[C@H](O[C@H]4O[C@H](CO)[C@@H](O[C@@H]5O[C@H](CO)[C@@H](O)[C@H](O)[C@H]5NC(C)=O)[C@H](O)[C@@H]4O[C@@H]4O[C@H](CO)[C@@H](O)[C@H](O)[C@H]4NC(C)=O)[C@@H]3O)[C@H](O)[C@H]2NC(C)=O)[C@@H](CO)O[C@H]1O. The van der Waals surface area contributed by atoms with E-state index >= 15 is 0 Å². The van der Waals surface area contributed by atoms with Crippen LogP contribution in [0.4, 0.5) is 0 Å². The van der Waals surface area contributed by atoms with Crippen LogP contribution < -0.4 is 21.3 Å². The van der Waals surface area contributed by atoms with Gasteiger partial charge in [-0.1, -0.05) is 0 Å². The van der Waals surface area contributed by atoms with E-state index in [0.717, 1.165) is 27.7 Å². The van der Waals surface area contributed by atoms with E-state index in [0.29, 0.717) is 0 Å². The van der Waals surface area contributed by atoms with E-state index in [2.05, 4.69) is 21.3 Å². The molecule has 0 aromatic rings. The smallest absolute Gasteiger partial charge is 0.217 e. The Labute approximate surface area is 567 Å². The Bertz CT molecular complexity index is 2620. The quantitative estimate of drug-likeness (QED) is 0.0404. The van der Waals surface area contributed by atoms with Gasteiger partial charge in [0.15, 0.2) is 50.3 Å². The molecule has 0 saturated carbocycles. The number of ether oxygens (including phenoxy) is 15. The molecule has 0 aromatic carbocycles. The van der Waals surface area contributed by atoms with Crippen LogP contribution in [0.1, 0.15) is 34.6 Å². The Kier molecular flexibility index (Phi) is 29.3. The molecule has 25 N–H and O–H groups in total. The molecule has 44 nitrogen and oxygen atoms in total. The summed E-state index contributed by atoms with van der Waals surface area (Å²) >= 11 is 0. The lowest BCUT2D eigenvalue weighted by Crippen LogP contribution is -2.71. The van der Waals surface area contributed by atoms with E-state index in [1.807, 2.05) is 0 Å². The maximum Gasteiger partial charge on any atom is 0.217 e. The molecule has 4 amide bonds. The molecular formula is C56H94N4O40. The summed E-state index contributed by atoms with van der Waals surface area (Å²) in [5.41, 5.74) is 0. The number of aliphatic hydroxyl groups excluding tert-OH is 21. The highest BCUT2D eigenvalue weighted by Gasteiger charge is 2.61. The standard InChI is InChI=1S/C56H94N4O40/c1-13-29(71)37(79)40(82)54(87-13)98-46-28(60-17(5)70)49(85)88-23(11-66)45(46)97-52-27(59-16(4)69)36(78)43(21(9-64)92-52)96-55-42(84)47(33(75)24(94-55)12-86-53-39(81)38(80)32(74)20(8-63)91-53)99-56-48(100-51-26(58-15(3)68)35(77)31(73)19(7-62)90-51)41(83)44(22(10-65)93-56)95-50-25(57-14(2)67)34(76)30(72)18(6-61)89-50/h13,18-56,61-66,71-85H,6-12H2,1-5H3,(H,57,67)(H,58,68)(H,59,69)(H,60,70)/t13-,18+,19+,20+,21+,22+,23+,24+,25+,26+,27+,28+,29+,30+,31+,32+,33+,34+,35+,36+,37+,38-,39-,40-,41-,42-,43+,44+,45+,46+,47-,48-,49+,50-,51-,52-,53-,54-,55-,56+/m0/s1. The zero-order chi connectivity index (χ0) is 73.8. The first-order valence-electron chi connectivity index (χ1n) is 32.0. The maximum atomic E-state index is 13.1. The molecule has 8 rings (SSSR count). The van der Waals surface area contributed by atoms with Gasteiger partial charge >= 0.3 is 0 Å². The van der Waals surface area contributed by atoms with Crippen molar-refractivity contribution < 1.29 is 197 Å². The molecule has 40 atom stereocenters. The summed E-state index contributed by atoms with van der Waals surface area (Å²) in [4.78, 5) is 50.8. The number of nitrogens with one attached hydrogen (secondary N) is 4. The highest BCUT2D eigenvalue weighted by molar-refractivity contribution is 5.74. The number of rotatable bonds is 25. The molecule has 0 aromatic heterocycles. The van der Waals surface area contributed by atoms with Gasteiger partial charge in [0.05, 0.1) is 52.4 Å². The van der Waals surface area contributed by atoms with Crippen molar-refractivity contribution in [3.8, 4) is 0 Å². The van der Waals surface area contributed by atoms with Crippen molar-refractivity contribution in [3.63, 3.8) is 0 Å². The highest BCUT2D eigenvalue weighted by Crippen LogP contribution is 2.40. The molecule has 0 bridgehead atoms. The van der Waals surface area contributed by atoms with Crippen LogP contribution in [0.5, 0.6) is 0 Å². The van der Waals surface area contributed by atoms with Crippen LogP contribution in [-0.2, 0) is 90.2 Å². The molecule has 578 valence electrons. The minimum Gasteiger partial charge on any atom is -0.394 e. The van der Waals surface area contributed by atoms with Crippen molar-refractivity contribution in [2.45, 2.75) is 280 Å². The summed E-state index contributed by atoms with van der Waals surface area (Å²) in [6.07, 6.45) is -72.4. The van der Waals surface area contributed by atoms with Crippen LogP contribution in [0.2, 0.25) is 0 Å². The summed E-state index contributed by atoms with van der Waals surface area (Å²) in [6, 6.07) is -7.23. The molecule has 0 radical (unpaired) electrons. The van der Waals surface area contributed by atoms with Gasteiger partial charge in [-0.2, -0.15) is 0 Å². The van der Waals surface area contributed by atoms with Crippen molar-refractivity contribution >= 4 is 23.6 Å². The van der Waals surface area contributed by atoms with Crippen LogP contribution in [0.15, 0.2) is 0 Å². The first-order chi connectivity index (χ1) is 47.2. The number of hydrogen-bond acceptors (Lipinski definition) is 40. The first kappa shape index (κ1) is 82.1. The second kappa shape index (κ2) is 35.7. The molecule has 8 heterocycles. The average Bonchev–Trinajstić information content (AvgIpc) is 0.765. The van der Waals surface area contributed by atoms with Gasteiger partial charge in [-0.15, -0.1) is 0 Å². The third kappa shape index (κ3) is 18.1. The molecule has 0 spiro atoms. The fourth-order valence-corrected chi connectivity index (χ4v) is 12.9. The van der Waals surface area contributed by atoms with Gasteiger partial charge < -0.3 is 200 Å². The lowest BCUT2D eigenvalue weighted by Gasteiger charge is -2.52. The zero-order valence-electron chi connectivity index (χ0n) is 54.2. The lowest BCUT2D eigenvalue weighted by atomic mass is 9.93. The summed E-state index contributed by atoms with van der Waals surface area (Å²) in [5.74, 6) is -3.49. The lowest BCUT2D eigenvalue weighted by molar-refractivity contribution is -0.402. The predicted octanol–water partition coefficient (Wildman–Crippen LogP) is -16.8. The van der Waals surface area contributed by atoms with Gasteiger partial charge in [0.2, 0.25) is 23.6 Å². The Morgan fingerprint density at radius 3 is 1.11 bits per heavy atom. The van der Waals surface area contributed by atoms with Gasteiger partial charge in [0.1, 0.15) is 189 Å². The summed E-state index contributed by atoms with van der Waals surface area (Å²) in [7, 11) is 0. The topological polar surface area (TPSA) is 680 Å². The minimum absolute atomic E-state index is 0.825. The third-order valence-electron chi connectivity index (χ3n) is 18.2. The van der Waals surface area contributed by atoms with E-state index in [1.54, 1.807) is 0 Å².